The zero-order chi connectivity index (χ0) is 15.2. The number of ketones is 1. The summed E-state index contributed by atoms with van der Waals surface area (Å²) in [6.07, 6.45) is 3.34. The molecule has 0 radical (unpaired) electrons. The van der Waals surface area contributed by atoms with Gasteiger partial charge in [-0.15, -0.1) is 0 Å². The second kappa shape index (κ2) is 6.56. The Morgan fingerprint density at radius 2 is 1.86 bits per heavy atom. The van der Waals surface area contributed by atoms with Gasteiger partial charge in [0.05, 0.1) is 11.3 Å². The molecular weight excluding hydrogens is 268 g/mol. The van der Waals surface area contributed by atoms with Crippen molar-refractivity contribution in [2.75, 3.05) is 0 Å². The summed E-state index contributed by atoms with van der Waals surface area (Å²) in [4.78, 5) is 31.0. The molecule has 0 bridgehead atoms. The molecule has 0 spiro atoms. The van der Waals surface area contributed by atoms with Gasteiger partial charge >= 0.3 is 5.97 Å². The van der Waals surface area contributed by atoms with Gasteiger partial charge in [0.2, 0.25) is 0 Å². The molecule has 1 aromatic heterocycles. The minimum absolute atomic E-state index is 0.0495. The molecule has 21 heavy (non-hydrogen) atoms. The number of hydrogen-bond acceptors (Lipinski definition) is 4. The van der Waals surface area contributed by atoms with Gasteiger partial charge in [-0.2, -0.15) is 0 Å². The highest BCUT2D eigenvalue weighted by atomic mass is 16.4. The van der Waals surface area contributed by atoms with Gasteiger partial charge in [0.15, 0.2) is 5.78 Å². The van der Waals surface area contributed by atoms with E-state index in [2.05, 4.69) is 9.98 Å². The minimum atomic E-state index is -0.978. The molecule has 5 nitrogen and oxygen atoms in total. The zero-order valence-corrected chi connectivity index (χ0v) is 11.5. The molecule has 2 rings (SSSR count). The zero-order valence-electron chi connectivity index (χ0n) is 11.5. The first kappa shape index (κ1) is 14.6. The Morgan fingerprint density at radius 3 is 2.43 bits per heavy atom. The van der Waals surface area contributed by atoms with Crippen LogP contribution in [0.15, 0.2) is 53.8 Å². The molecule has 0 fully saturated rings. The Hall–Kier alpha value is -2.82. The quantitative estimate of drug-likeness (QED) is 0.674. The van der Waals surface area contributed by atoms with E-state index in [1.54, 1.807) is 37.4 Å². The normalized spacial score (nSPS) is 11.2. The van der Waals surface area contributed by atoms with Gasteiger partial charge in [-0.25, -0.2) is 4.79 Å². The van der Waals surface area contributed by atoms with Crippen molar-refractivity contribution in [3.63, 3.8) is 0 Å². The minimum Gasteiger partial charge on any atom is -0.478 e. The van der Waals surface area contributed by atoms with E-state index in [9.17, 15) is 9.59 Å². The van der Waals surface area contributed by atoms with E-state index in [1.165, 1.54) is 18.3 Å². The van der Waals surface area contributed by atoms with Crippen LogP contribution in [-0.2, 0) is 0 Å². The third-order valence-electron chi connectivity index (χ3n) is 2.83. The Morgan fingerprint density at radius 1 is 1.14 bits per heavy atom. The fourth-order valence-electron chi connectivity index (χ4n) is 1.80. The van der Waals surface area contributed by atoms with Crippen LogP contribution in [0.4, 0.5) is 5.69 Å². The number of carboxylic acid groups (broad SMARTS) is 1. The average molecular weight is 282 g/mol. The van der Waals surface area contributed by atoms with Crippen LogP contribution in [-0.4, -0.2) is 27.6 Å². The number of carbonyl (C=O) groups is 2. The van der Waals surface area contributed by atoms with Gasteiger partial charge in [-0.05, 0) is 43.3 Å². The molecule has 0 aliphatic heterocycles. The van der Waals surface area contributed by atoms with Crippen molar-refractivity contribution in [2.45, 2.75) is 13.3 Å². The summed E-state index contributed by atoms with van der Waals surface area (Å²) < 4.78 is 0. The molecule has 1 aromatic carbocycles. The van der Waals surface area contributed by atoms with E-state index in [-0.39, 0.29) is 17.8 Å². The van der Waals surface area contributed by atoms with Crippen LogP contribution in [0.3, 0.4) is 0 Å². The van der Waals surface area contributed by atoms with Gasteiger partial charge < -0.3 is 5.11 Å². The summed E-state index contributed by atoms with van der Waals surface area (Å²) in [5.41, 5.74) is 2.04. The molecule has 0 aliphatic rings. The molecule has 0 atom stereocenters. The van der Waals surface area contributed by atoms with E-state index < -0.39 is 5.97 Å². The first-order valence-electron chi connectivity index (χ1n) is 6.37. The summed E-state index contributed by atoms with van der Waals surface area (Å²) in [7, 11) is 0. The summed E-state index contributed by atoms with van der Waals surface area (Å²) in [6, 6.07) is 9.62. The maximum absolute atomic E-state index is 12.0. The Labute approximate surface area is 122 Å². The Balaban J connectivity index is 2.07. The van der Waals surface area contributed by atoms with Crippen LogP contribution in [0, 0.1) is 0 Å². The number of Topliss-reactive ketones (excluding diaryl/α,β-unsaturated/α-hetero) is 1. The topological polar surface area (TPSA) is 79.6 Å². The third kappa shape index (κ3) is 4.07. The van der Waals surface area contributed by atoms with Crippen molar-refractivity contribution in [1.82, 2.24) is 4.98 Å². The van der Waals surface area contributed by atoms with Crippen molar-refractivity contribution in [1.29, 1.82) is 0 Å². The first-order chi connectivity index (χ1) is 10.1. The van der Waals surface area contributed by atoms with Crippen molar-refractivity contribution in [3.05, 3.63) is 59.9 Å². The van der Waals surface area contributed by atoms with Gasteiger partial charge in [0.1, 0.15) is 0 Å². The molecule has 0 saturated heterocycles. The maximum atomic E-state index is 12.0. The maximum Gasteiger partial charge on any atom is 0.335 e. The molecule has 0 unspecified atom stereocenters. The van der Waals surface area contributed by atoms with Gasteiger partial charge in [0.25, 0.3) is 0 Å². The molecule has 2 aromatic rings. The number of pyridine rings is 1. The SMILES string of the molecule is CC(CC(=O)c1cccnc1)=Nc1ccc(C(=O)O)cc1. The largest absolute Gasteiger partial charge is 0.478 e. The van der Waals surface area contributed by atoms with E-state index in [1.807, 2.05) is 0 Å². The highest BCUT2D eigenvalue weighted by molar-refractivity contribution is 6.09. The number of aromatic carboxylic acids is 1. The van der Waals surface area contributed by atoms with Crippen molar-refractivity contribution < 1.29 is 14.7 Å². The summed E-state index contributed by atoms with van der Waals surface area (Å²) in [6.45, 7) is 1.76. The lowest BCUT2D eigenvalue weighted by Crippen LogP contribution is -2.05. The van der Waals surface area contributed by atoms with Crippen molar-refractivity contribution in [2.24, 2.45) is 4.99 Å². The third-order valence-corrected chi connectivity index (χ3v) is 2.83. The molecule has 1 N–H and O–H groups in total. The van der Waals surface area contributed by atoms with Crippen LogP contribution in [0.1, 0.15) is 34.1 Å². The van der Waals surface area contributed by atoms with E-state index in [4.69, 9.17) is 5.11 Å². The van der Waals surface area contributed by atoms with Crippen LogP contribution in [0.5, 0.6) is 0 Å². The Kier molecular flexibility index (Phi) is 4.56. The highest BCUT2D eigenvalue weighted by Gasteiger charge is 2.07. The predicted octanol–water partition coefficient (Wildman–Crippen LogP) is 3.15. The monoisotopic (exact) mass is 282 g/mol. The number of nitrogens with zero attached hydrogens (tertiary/aromatic N) is 2. The van der Waals surface area contributed by atoms with Crippen LogP contribution < -0.4 is 0 Å². The van der Waals surface area contributed by atoms with Crippen molar-refractivity contribution in [3.8, 4) is 0 Å². The second-order valence-corrected chi connectivity index (χ2v) is 4.54. The molecule has 0 aliphatic carbocycles. The fourth-order valence-corrected chi connectivity index (χ4v) is 1.80. The number of hydrogen-bond donors (Lipinski definition) is 1. The van der Waals surface area contributed by atoms with Gasteiger partial charge in [-0.3, -0.25) is 14.8 Å². The molecule has 1 heterocycles. The highest BCUT2D eigenvalue weighted by Crippen LogP contribution is 2.14. The fraction of sp³-hybridized carbons (Fsp3) is 0.125. The van der Waals surface area contributed by atoms with Gasteiger partial charge in [0, 0.05) is 30.1 Å². The molecular formula is C16H14N2O3. The summed E-state index contributed by atoms with van der Waals surface area (Å²) >= 11 is 0. The molecule has 0 amide bonds. The lowest BCUT2D eigenvalue weighted by molar-refractivity contribution is 0.0696. The summed E-state index contributed by atoms with van der Waals surface area (Å²) in [5.74, 6) is -1.03. The van der Waals surface area contributed by atoms with E-state index in [0.29, 0.717) is 17.0 Å². The number of carbonyl (C=O) groups excluding carboxylic acids is 1. The summed E-state index contributed by atoms with van der Waals surface area (Å²) in [5, 5.41) is 8.82. The average Bonchev–Trinajstić information content (AvgIpc) is 2.48. The van der Waals surface area contributed by atoms with Crippen LogP contribution >= 0.6 is 0 Å². The molecule has 106 valence electrons. The number of aliphatic imine (C=N–C) groups is 1. The molecule has 0 saturated carbocycles. The number of aromatic nitrogens is 1. The predicted molar refractivity (Wildman–Crippen MR) is 79.4 cm³/mol. The molecule has 5 heteroatoms. The second-order valence-electron chi connectivity index (χ2n) is 4.54. The lowest BCUT2D eigenvalue weighted by Gasteiger charge is -2.01. The van der Waals surface area contributed by atoms with E-state index >= 15 is 0 Å². The van der Waals surface area contributed by atoms with Crippen LogP contribution in [0.25, 0.3) is 0 Å². The van der Waals surface area contributed by atoms with Crippen LogP contribution in [0.2, 0.25) is 0 Å². The first-order valence-corrected chi connectivity index (χ1v) is 6.37. The van der Waals surface area contributed by atoms with Crippen molar-refractivity contribution >= 4 is 23.2 Å². The Bertz CT molecular complexity index is 676. The lowest BCUT2D eigenvalue weighted by atomic mass is 10.1. The smallest absolute Gasteiger partial charge is 0.335 e. The standard InChI is InChI=1S/C16H14N2O3/c1-11(9-15(19)13-3-2-8-17-10-13)18-14-6-4-12(5-7-14)16(20)21/h2-8,10H,9H2,1H3,(H,20,21). The van der Waals surface area contributed by atoms with E-state index in [0.717, 1.165) is 0 Å². The van der Waals surface area contributed by atoms with Gasteiger partial charge in [-0.1, -0.05) is 0 Å². The number of carboxylic acids is 1. The number of benzene rings is 1. The number of rotatable bonds is 5.